The predicted octanol–water partition coefficient (Wildman–Crippen LogP) is 5.79. The maximum absolute atomic E-state index is 14.6. The highest BCUT2D eigenvalue weighted by Crippen LogP contribution is 2.38. The van der Waals surface area contributed by atoms with Gasteiger partial charge in [-0.15, -0.1) is 0 Å². The maximum atomic E-state index is 14.6. The van der Waals surface area contributed by atoms with Gasteiger partial charge in [0, 0.05) is 12.5 Å². The Labute approximate surface area is 284 Å². The lowest BCUT2D eigenvalue weighted by Gasteiger charge is -2.36. The number of hydrogen-bond acceptors (Lipinski definition) is 7. The van der Waals surface area contributed by atoms with Gasteiger partial charge in [-0.1, -0.05) is 103 Å². The predicted molar refractivity (Wildman–Crippen MR) is 183 cm³/mol. The fourth-order valence-electron chi connectivity index (χ4n) is 6.34. The molecule has 6 rings (SSSR count). The number of aromatic nitrogens is 2. The van der Waals surface area contributed by atoms with E-state index in [2.05, 4.69) is 5.10 Å². The molecule has 1 amide bonds. The average Bonchev–Trinajstić information content (AvgIpc) is 3.59. The molecule has 0 bridgehead atoms. The summed E-state index contributed by atoms with van der Waals surface area (Å²) >= 11 is 0. The van der Waals surface area contributed by atoms with Gasteiger partial charge in [0.25, 0.3) is 21.5 Å². The van der Waals surface area contributed by atoms with Crippen LogP contribution >= 0.6 is 0 Å². The maximum Gasteiger partial charge on any atom is 0.278 e. The highest BCUT2D eigenvalue weighted by atomic mass is 32.2. The standard InChI is InChI=1S/C38H36FN3O6S/c1-49(45,46)48-37(34(29-17-9-4-10-18-29)30-19-11-20-31(39)23-30)32-21-12-22-42(32)38(44)35-36(43)33(47-26-28-15-7-3-8-16-28)25-41(40-35)24-27-13-5-2-6-14-27/h2-11,13-20,23,25,32,34,37H,12,21-22,24,26H2,1H3/t32-,34?,37?/m1/s1. The molecule has 252 valence electrons. The fraction of sp³-hybridized carbons (Fsp3) is 0.237. The number of nitrogens with zero attached hydrogens (tertiary/aromatic N) is 3. The number of amides is 1. The summed E-state index contributed by atoms with van der Waals surface area (Å²) in [5.41, 5.74) is 1.87. The van der Waals surface area contributed by atoms with Gasteiger partial charge in [-0.3, -0.25) is 18.5 Å². The molecule has 0 saturated carbocycles. The van der Waals surface area contributed by atoms with E-state index in [9.17, 15) is 22.4 Å². The second-order valence-corrected chi connectivity index (χ2v) is 13.6. The van der Waals surface area contributed by atoms with Crippen LogP contribution in [0.4, 0.5) is 4.39 Å². The topological polar surface area (TPSA) is 108 Å². The van der Waals surface area contributed by atoms with Crippen LogP contribution in [0.25, 0.3) is 0 Å². The van der Waals surface area contributed by atoms with Gasteiger partial charge in [0.15, 0.2) is 11.4 Å². The SMILES string of the molecule is CS(=O)(=O)OC(C(c1ccccc1)c1cccc(F)c1)[C@H]1CCCN1C(=O)c1nn(Cc2ccccc2)cc(OCc2ccccc2)c1=O. The first-order valence-corrected chi connectivity index (χ1v) is 17.8. The van der Waals surface area contributed by atoms with E-state index in [-0.39, 0.29) is 31.1 Å². The van der Waals surface area contributed by atoms with Gasteiger partial charge < -0.3 is 9.64 Å². The van der Waals surface area contributed by atoms with Crippen LogP contribution in [0, 0.1) is 5.82 Å². The first-order valence-electron chi connectivity index (χ1n) is 16.0. The van der Waals surface area contributed by atoms with Crippen LogP contribution in [0.1, 0.15) is 51.5 Å². The normalized spacial score (nSPS) is 15.9. The molecule has 0 N–H and O–H groups in total. The molecule has 0 radical (unpaired) electrons. The Morgan fingerprint density at radius 1 is 0.898 bits per heavy atom. The van der Waals surface area contributed by atoms with E-state index in [1.807, 2.05) is 78.9 Å². The molecule has 9 nitrogen and oxygen atoms in total. The summed E-state index contributed by atoms with van der Waals surface area (Å²) in [4.78, 5) is 29.8. The molecule has 1 fully saturated rings. The molecule has 1 aliphatic rings. The van der Waals surface area contributed by atoms with Gasteiger partial charge in [-0.25, -0.2) is 4.39 Å². The largest absolute Gasteiger partial charge is 0.483 e. The smallest absolute Gasteiger partial charge is 0.278 e. The van der Waals surface area contributed by atoms with E-state index >= 15 is 0 Å². The van der Waals surface area contributed by atoms with Crippen molar-refractivity contribution in [1.82, 2.24) is 14.7 Å². The van der Waals surface area contributed by atoms with Crippen molar-refractivity contribution in [3.63, 3.8) is 0 Å². The molecule has 1 saturated heterocycles. The third-order valence-corrected chi connectivity index (χ3v) is 9.05. The van der Waals surface area contributed by atoms with E-state index < -0.39 is 45.3 Å². The summed E-state index contributed by atoms with van der Waals surface area (Å²) in [6, 6.07) is 33.0. The van der Waals surface area contributed by atoms with Crippen LogP contribution in [0.5, 0.6) is 5.75 Å². The van der Waals surface area contributed by atoms with Crippen LogP contribution in [0.3, 0.4) is 0 Å². The van der Waals surface area contributed by atoms with Crippen molar-refractivity contribution in [1.29, 1.82) is 0 Å². The lowest BCUT2D eigenvalue weighted by Crippen LogP contribution is -2.48. The number of carbonyl (C=O) groups is 1. The van der Waals surface area contributed by atoms with Crippen LogP contribution in [0.15, 0.2) is 126 Å². The Balaban J connectivity index is 1.41. The average molecular weight is 682 g/mol. The molecule has 0 spiro atoms. The minimum Gasteiger partial charge on any atom is -0.483 e. The van der Waals surface area contributed by atoms with Gasteiger partial charge in [0.05, 0.1) is 25.0 Å². The summed E-state index contributed by atoms with van der Waals surface area (Å²) in [6.45, 7) is 0.594. The van der Waals surface area contributed by atoms with Crippen molar-refractivity contribution in [3.8, 4) is 5.75 Å². The lowest BCUT2D eigenvalue weighted by atomic mass is 9.82. The molecule has 5 aromatic rings. The van der Waals surface area contributed by atoms with E-state index in [0.29, 0.717) is 24.0 Å². The van der Waals surface area contributed by atoms with Crippen molar-refractivity contribution in [2.45, 2.75) is 44.1 Å². The number of halogens is 1. The summed E-state index contributed by atoms with van der Waals surface area (Å²) in [5.74, 6) is -1.98. The molecule has 4 aromatic carbocycles. The van der Waals surface area contributed by atoms with Crippen molar-refractivity contribution in [2.75, 3.05) is 12.8 Å². The van der Waals surface area contributed by atoms with Gasteiger partial charge in [0.2, 0.25) is 0 Å². The van der Waals surface area contributed by atoms with Gasteiger partial charge in [-0.2, -0.15) is 13.5 Å². The quantitative estimate of drug-likeness (QED) is 0.154. The third kappa shape index (κ3) is 8.30. The number of ether oxygens (including phenoxy) is 1. The zero-order valence-electron chi connectivity index (χ0n) is 26.9. The molecular formula is C38H36FN3O6S. The number of rotatable bonds is 12. The van der Waals surface area contributed by atoms with Gasteiger partial charge in [-0.05, 0) is 47.2 Å². The van der Waals surface area contributed by atoms with Crippen LogP contribution in [-0.4, -0.2) is 54.0 Å². The molecule has 1 aliphatic heterocycles. The zero-order valence-corrected chi connectivity index (χ0v) is 27.7. The highest BCUT2D eigenvalue weighted by molar-refractivity contribution is 7.86. The number of benzene rings is 4. The van der Waals surface area contributed by atoms with E-state index in [1.54, 1.807) is 24.3 Å². The summed E-state index contributed by atoms with van der Waals surface area (Å²) in [7, 11) is -4.07. The van der Waals surface area contributed by atoms with Crippen LogP contribution in [0.2, 0.25) is 0 Å². The van der Waals surface area contributed by atoms with E-state index in [0.717, 1.165) is 17.4 Å². The van der Waals surface area contributed by atoms with Crippen molar-refractivity contribution < 1.29 is 26.5 Å². The minimum atomic E-state index is -4.07. The second-order valence-electron chi connectivity index (χ2n) is 12.0. The fourth-order valence-corrected chi connectivity index (χ4v) is 6.98. The molecule has 2 unspecified atom stereocenters. The summed E-state index contributed by atoms with van der Waals surface area (Å²) in [6.07, 6.45) is 2.20. The number of likely N-dealkylation sites (tertiary alicyclic amines) is 1. The van der Waals surface area contributed by atoms with Crippen molar-refractivity contribution in [2.24, 2.45) is 0 Å². The Morgan fingerprint density at radius 2 is 1.53 bits per heavy atom. The van der Waals surface area contributed by atoms with E-state index in [1.165, 1.54) is 27.9 Å². The Bertz CT molecular complexity index is 2060. The monoisotopic (exact) mass is 681 g/mol. The van der Waals surface area contributed by atoms with E-state index in [4.69, 9.17) is 8.92 Å². The Morgan fingerprint density at radius 3 is 2.18 bits per heavy atom. The first-order chi connectivity index (χ1) is 23.7. The molecule has 0 aliphatic carbocycles. The lowest BCUT2D eigenvalue weighted by molar-refractivity contribution is 0.0526. The molecule has 2 heterocycles. The zero-order chi connectivity index (χ0) is 34.4. The summed E-state index contributed by atoms with van der Waals surface area (Å²) in [5, 5.41) is 4.49. The molecule has 3 atom stereocenters. The van der Waals surface area contributed by atoms with Crippen molar-refractivity contribution >= 4 is 16.0 Å². The number of hydrogen-bond donors (Lipinski definition) is 0. The molecular weight excluding hydrogens is 645 g/mol. The third-order valence-electron chi connectivity index (χ3n) is 8.48. The second kappa shape index (κ2) is 15.0. The van der Waals surface area contributed by atoms with Gasteiger partial charge in [0.1, 0.15) is 18.5 Å². The van der Waals surface area contributed by atoms with Crippen molar-refractivity contribution in [3.05, 3.63) is 165 Å². The summed E-state index contributed by atoms with van der Waals surface area (Å²) < 4.78 is 53.5. The minimum absolute atomic E-state index is 0.0419. The van der Waals surface area contributed by atoms with Crippen LogP contribution in [-0.2, 0) is 27.5 Å². The Kier molecular flexibility index (Phi) is 10.3. The number of carbonyl (C=O) groups excluding carboxylic acids is 1. The first kappa shape index (κ1) is 33.8. The highest BCUT2D eigenvalue weighted by Gasteiger charge is 2.43. The molecule has 1 aromatic heterocycles. The molecule has 11 heteroatoms. The molecule has 49 heavy (non-hydrogen) atoms. The van der Waals surface area contributed by atoms with Gasteiger partial charge >= 0.3 is 0 Å². The van der Waals surface area contributed by atoms with Crippen LogP contribution < -0.4 is 10.2 Å². The Hall–Kier alpha value is -5.13.